The van der Waals surface area contributed by atoms with E-state index >= 15 is 0 Å². The summed E-state index contributed by atoms with van der Waals surface area (Å²) in [6.07, 6.45) is 7.35. The molecule has 0 aromatic heterocycles. The molecule has 4 unspecified atom stereocenters. The van der Waals surface area contributed by atoms with E-state index in [1.807, 2.05) is 14.1 Å². The monoisotopic (exact) mass is 614 g/mol. The van der Waals surface area contributed by atoms with E-state index in [-0.39, 0.29) is 52.5 Å². The molecule has 244 valence electrons. The summed E-state index contributed by atoms with van der Waals surface area (Å²) < 4.78 is 33.1. The number of carbonyl (C=O) groups is 1. The molecular weight excluding hydrogens is 556 g/mol. The predicted molar refractivity (Wildman–Crippen MR) is 161 cm³/mol. The number of hydrogen-bond donors (Lipinski definition) is 4. The molecule has 0 radical (unpaired) electrons. The highest BCUT2D eigenvalue weighted by Gasteiger charge is 2.65. The Hall–Kier alpha value is -0.780. The van der Waals surface area contributed by atoms with E-state index < -0.39 is 16.2 Å². The molecule has 4 fully saturated rings. The Kier molecular flexibility index (Phi) is 10.5. The fourth-order valence-electron chi connectivity index (χ4n) is 10.3. The van der Waals surface area contributed by atoms with Crippen molar-refractivity contribution < 1.29 is 37.6 Å². The van der Waals surface area contributed by atoms with E-state index in [1.54, 1.807) is 0 Å². The van der Waals surface area contributed by atoms with Crippen LogP contribution in [0.1, 0.15) is 91.4 Å². The Balaban J connectivity index is 1.27. The van der Waals surface area contributed by atoms with Crippen molar-refractivity contribution in [3.8, 4) is 0 Å². The first-order valence-corrected chi connectivity index (χ1v) is 18.1. The highest BCUT2D eigenvalue weighted by atomic mass is 32.2. The quantitative estimate of drug-likeness (QED) is 0.150. The van der Waals surface area contributed by atoms with Crippen LogP contribution in [0, 0.1) is 46.3 Å². The van der Waals surface area contributed by atoms with Crippen LogP contribution in [0.3, 0.4) is 0 Å². The van der Waals surface area contributed by atoms with Crippen molar-refractivity contribution in [3.05, 3.63) is 0 Å². The van der Waals surface area contributed by atoms with Gasteiger partial charge in [0.05, 0.1) is 55.6 Å². The van der Waals surface area contributed by atoms with Gasteiger partial charge in [0.2, 0.25) is 5.91 Å². The number of nitrogens with zero attached hydrogens (tertiary/aromatic N) is 1. The largest absolute Gasteiger partial charge is 0.748 e. The van der Waals surface area contributed by atoms with Crippen molar-refractivity contribution in [1.82, 2.24) is 5.32 Å². The first kappa shape index (κ1) is 34.1. The lowest BCUT2D eigenvalue weighted by Crippen LogP contribution is -2.62. The normalized spacial score (nSPS) is 41.0. The second kappa shape index (κ2) is 12.9. The summed E-state index contributed by atoms with van der Waals surface area (Å²) in [6.45, 7) is 8.78. The van der Waals surface area contributed by atoms with E-state index in [4.69, 9.17) is 0 Å². The minimum atomic E-state index is -4.18. The third-order valence-electron chi connectivity index (χ3n) is 12.8. The maximum absolute atomic E-state index is 12.7. The highest BCUT2D eigenvalue weighted by molar-refractivity contribution is 7.85. The Labute approximate surface area is 254 Å². The van der Waals surface area contributed by atoms with Crippen LogP contribution in [-0.4, -0.2) is 96.5 Å². The molecule has 0 bridgehead atoms. The zero-order valence-corrected chi connectivity index (χ0v) is 27.4. The minimum Gasteiger partial charge on any atom is -0.748 e. The fraction of sp³-hybridized carbons (Fsp3) is 0.969. The highest BCUT2D eigenvalue weighted by Crippen LogP contribution is 2.68. The topological polar surface area (TPSA) is 147 Å². The van der Waals surface area contributed by atoms with Crippen molar-refractivity contribution in [2.24, 2.45) is 46.3 Å². The van der Waals surface area contributed by atoms with Crippen molar-refractivity contribution in [1.29, 1.82) is 0 Å². The smallest absolute Gasteiger partial charge is 0.220 e. The molecular formula is C32H58N2O7S. The van der Waals surface area contributed by atoms with Gasteiger partial charge in [0, 0.05) is 31.6 Å². The maximum atomic E-state index is 12.7. The van der Waals surface area contributed by atoms with Crippen LogP contribution in [-0.2, 0) is 14.9 Å². The van der Waals surface area contributed by atoms with E-state index in [1.165, 1.54) is 0 Å². The van der Waals surface area contributed by atoms with E-state index in [2.05, 4.69) is 26.1 Å². The second-order valence-electron chi connectivity index (χ2n) is 15.7. The average Bonchev–Trinajstić information content (AvgIpc) is 3.24. The second-order valence-corrected chi connectivity index (χ2v) is 17.3. The molecule has 4 rings (SSSR count). The van der Waals surface area contributed by atoms with Gasteiger partial charge in [-0.3, -0.25) is 4.79 Å². The summed E-state index contributed by atoms with van der Waals surface area (Å²) in [5.74, 6) is 1.38. The number of amides is 1. The number of carbonyl (C=O) groups excluding carboxylic acids is 1. The van der Waals surface area contributed by atoms with Crippen LogP contribution in [0.4, 0.5) is 0 Å². The number of quaternary nitrogens is 1. The van der Waals surface area contributed by atoms with Gasteiger partial charge in [0.15, 0.2) is 0 Å². The van der Waals surface area contributed by atoms with E-state index in [9.17, 15) is 33.1 Å². The summed E-state index contributed by atoms with van der Waals surface area (Å²) in [5, 5.41) is 36.6. The molecule has 42 heavy (non-hydrogen) atoms. The predicted octanol–water partition coefficient (Wildman–Crippen LogP) is 2.88. The third kappa shape index (κ3) is 7.20. The molecule has 4 saturated carbocycles. The molecule has 0 aromatic carbocycles. The zero-order chi connectivity index (χ0) is 31.1. The molecule has 0 aliphatic heterocycles. The molecule has 0 aromatic rings. The lowest BCUT2D eigenvalue weighted by atomic mass is 9.43. The molecule has 9 nitrogen and oxygen atoms in total. The van der Waals surface area contributed by atoms with Gasteiger partial charge >= 0.3 is 0 Å². The number of aliphatic hydroxyl groups is 3. The maximum Gasteiger partial charge on any atom is 0.220 e. The zero-order valence-electron chi connectivity index (χ0n) is 26.6. The standard InChI is InChI=1S/C32H58N2O7S/c1-21(8-11-29(38)33-14-6-15-34(4,5)16-7-17-42(39,40)41)24-9-10-25-30-26(20-28(37)32(24,25)3)31(2)13-12-23(35)18-22(31)19-27(30)36/h21-28,30,35-37H,6-20H2,1-5H3,(H-,33,38,39,40,41)/t21-,22?,23+,24+,25?,26?,27+,28-,30?,31-,32+/m0/s1. The molecule has 0 heterocycles. The van der Waals surface area contributed by atoms with Crippen molar-refractivity contribution in [2.45, 2.75) is 110 Å². The SMILES string of the molecule is C[C@@H](CCC(=O)NCCC[N+](C)(C)CCCS(=O)(=O)[O-])[C@H]1CCC2C3C(C[C@H](O)[C@@]21C)[C@@]1(C)CC[C@@H](O)CC1C[C@H]3O. The van der Waals surface area contributed by atoms with Gasteiger partial charge in [-0.1, -0.05) is 20.8 Å². The number of fused-ring (bicyclic) bond motifs is 5. The van der Waals surface area contributed by atoms with E-state index in [0.29, 0.717) is 48.2 Å². The van der Waals surface area contributed by atoms with Crippen LogP contribution < -0.4 is 5.32 Å². The Morgan fingerprint density at radius 2 is 1.71 bits per heavy atom. The Morgan fingerprint density at radius 1 is 1.02 bits per heavy atom. The molecule has 4 aliphatic rings. The van der Waals surface area contributed by atoms with Gasteiger partial charge in [-0.05, 0) is 97.7 Å². The first-order valence-electron chi connectivity index (χ1n) is 16.5. The van der Waals surface area contributed by atoms with Crippen LogP contribution in [0.2, 0.25) is 0 Å². The summed E-state index contributed by atoms with van der Waals surface area (Å²) in [4.78, 5) is 12.7. The van der Waals surface area contributed by atoms with E-state index in [0.717, 1.165) is 64.3 Å². The van der Waals surface area contributed by atoms with Crippen molar-refractivity contribution in [2.75, 3.05) is 39.5 Å². The molecule has 4 aliphatic carbocycles. The number of hydrogen-bond acceptors (Lipinski definition) is 7. The minimum absolute atomic E-state index is 0.0368. The molecule has 0 saturated heterocycles. The third-order valence-corrected chi connectivity index (χ3v) is 13.6. The van der Waals surface area contributed by atoms with Gasteiger partial charge in [0.1, 0.15) is 0 Å². The Morgan fingerprint density at radius 3 is 2.40 bits per heavy atom. The van der Waals surface area contributed by atoms with Crippen LogP contribution in [0.25, 0.3) is 0 Å². The lowest BCUT2D eigenvalue weighted by Gasteiger charge is -2.63. The summed E-state index contributed by atoms with van der Waals surface area (Å²) in [7, 11) is -0.177. The first-order chi connectivity index (χ1) is 19.5. The van der Waals surface area contributed by atoms with Gasteiger partial charge in [-0.25, -0.2) is 8.42 Å². The van der Waals surface area contributed by atoms with Gasteiger partial charge in [0.25, 0.3) is 0 Å². The van der Waals surface area contributed by atoms with Gasteiger partial charge < -0.3 is 29.7 Å². The average molecular weight is 615 g/mol. The molecule has 0 spiro atoms. The lowest BCUT2D eigenvalue weighted by molar-refractivity contribution is -0.890. The summed E-state index contributed by atoms with van der Waals surface area (Å²) >= 11 is 0. The number of rotatable bonds is 12. The Bertz CT molecular complexity index is 1050. The molecule has 4 N–H and O–H groups in total. The molecule has 1 amide bonds. The van der Waals surface area contributed by atoms with Crippen molar-refractivity contribution in [3.63, 3.8) is 0 Å². The molecule has 11 atom stereocenters. The van der Waals surface area contributed by atoms with Gasteiger partial charge in [-0.2, -0.15) is 0 Å². The molecule has 10 heteroatoms. The number of aliphatic hydroxyl groups excluding tert-OH is 3. The van der Waals surface area contributed by atoms with Crippen LogP contribution >= 0.6 is 0 Å². The van der Waals surface area contributed by atoms with Gasteiger partial charge in [-0.15, -0.1) is 0 Å². The fourth-order valence-corrected chi connectivity index (χ4v) is 10.8. The summed E-state index contributed by atoms with van der Waals surface area (Å²) in [5.41, 5.74) is -0.191. The van der Waals surface area contributed by atoms with Crippen molar-refractivity contribution >= 4 is 16.0 Å². The summed E-state index contributed by atoms with van der Waals surface area (Å²) in [6, 6.07) is 0. The van der Waals surface area contributed by atoms with Crippen LogP contribution in [0.15, 0.2) is 0 Å². The number of nitrogens with one attached hydrogen (secondary N) is 1. The van der Waals surface area contributed by atoms with Crippen LogP contribution in [0.5, 0.6) is 0 Å².